The molecule has 0 radical (unpaired) electrons. The van der Waals surface area contributed by atoms with Crippen molar-refractivity contribution in [3.8, 4) is 22.9 Å². The van der Waals surface area contributed by atoms with E-state index < -0.39 is 49.1 Å². The minimum atomic E-state index is -3.49. The Bertz CT molecular complexity index is 1830. The van der Waals surface area contributed by atoms with Crippen molar-refractivity contribution in [3.05, 3.63) is 29.6 Å². The van der Waals surface area contributed by atoms with Crippen molar-refractivity contribution in [2.45, 2.75) is 111 Å². The molecule has 296 valence electrons. The maximum Gasteiger partial charge on any atom is 0.408 e. The van der Waals surface area contributed by atoms with Crippen LogP contribution in [-0.2, 0) is 27.9 Å². The van der Waals surface area contributed by atoms with E-state index in [1.807, 2.05) is 40.0 Å². The molecule has 1 aromatic carbocycles. The summed E-state index contributed by atoms with van der Waals surface area (Å²) in [4.78, 5) is 50.9. The van der Waals surface area contributed by atoms with Gasteiger partial charge in [0.2, 0.25) is 11.8 Å². The Labute approximate surface area is 320 Å². The third-order valence-electron chi connectivity index (χ3n) is 9.08. The molecule has 0 unspecified atom stereocenters. The van der Waals surface area contributed by atoms with Crippen LogP contribution in [0.25, 0.3) is 22.3 Å². The number of pyridine rings is 1. The number of rotatable bonds is 16. The van der Waals surface area contributed by atoms with Gasteiger partial charge in [-0.25, -0.2) is 14.8 Å². The zero-order valence-electron chi connectivity index (χ0n) is 32.1. The van der Waals surface area contributed by atoms with Gasteiger partial charge in [0.1, 0.15) is 41.5 Å². The summed E-state index contributed by atoms with van der Waals surface area (Å²) in [6.45, 7) is 13.5. The Morgan fingerprint density at radius 3 is 2.37 bits per heavy atom. The van der Waals surface area contributed by atoms with E-state index in [0.29, 0.717) is 33.8 Å². The summed E-state index contributed by atoms with van der Waals surface area (Å²) in [5, 5.41) is 9.33. The Hall–Kier alpha value is -3.98. The summed E-state index contributed by atoms with van der Waals surface area (Å²) >= 11 is 1.44. The number of anilines is 1. The number of fused-ring (bicyclic) bond motifs is 1. The Kier molecular flexibility index (Phi) is 13.5. The smallest absolute Gasteiger partial charge is 0.408 e. The first-order valence-electron chi connectivity index (χ1n) is 18.5. The van der Waals surface area contributed by atoms with E-state index in [-0.39, 0.29) is 44.7 Å². The molecule has 3 heterocycles. The van der Waals surface area contributed by atoms with Gasteiger partial charge in [0.25, 0.3) is 0 Å². The number of nitrogens with two attached hydrogens (primary N) is 1. The molecule has 2 fully saturated rings. The van der Waals surface area contributed by atoms with Crippen molar-refractivity contribution in [1.29, 1.82) is 0 Å². The number of nitrogens with one attached hydrogen (secondary N) is 2. The molecule has 3 atom stereocenters. The number of ether oxygens (including phenoxy) is 3. The summed E-state index contributed by atoms with van der Waals surface area (Å²) < 4.78 is 42.0. The minimum Gasteiger partial charge on any atom is -0.488 e. The van der Waals surface area contributed by atoms with Gasteiger partial charge in [-0.3, -0.25) is 14.2 Å². The standard InChI is InChI=1S/C37H53N6O9PS/c1-8-49-53(47,50-9-2)21-48-24-14-15-26-27(16-24)40-28(29-20-54-35(41-29)39-22(3)4)18-31(26)51-25-17-30(33(38)44)43(19-25)34(45)32(37(5,6)7)42-36(46)52-23-12-10-11-13-23/h14-16,18,20,22-23,25,30,32H,8-13,17,19,21H2,1-7H3,(H2,38,44)(H,39,41)(H,42,46)/t25-,30+,32-/m1/s1. The first-order valence-corrected chi connectivity index (χ1v) is 21.1. The molecule has 1 aliphatic carbocycles. The van der Waals surface area contributed by atoms with Crippen LogP contribution in [0.3, 0.4) is 0 Å². The van der Waals surface area contributed by atoms with Crippen molar-refractivity contribution in [2.24, 2.45) is 11.1 Å². The zero-order valence-corrected chi connectivity index (χ0v) is 33.8. The summed E-state index contributed by atoms with van der Waals surface area (Å²) in [5.74, 6) is -0.305. The fourth-order valence-electron chi connectivity index (χ4n) is 6.56. The van der Waals surface area contributed by atoms with Gasteiger partial charge in [-0.15, -0.1) is 11.3 Å². The molecule has 0 bridgehead atoms. The first kappa shape index (κ1) is 41.2. The van der Waals surface area contributed by atoms with Crippen LogP contribution in [0.4, 0.5) is 9.93 Å². The molecule has 2 aliphatic rings. The second kappa shape index (κ2) is 17.7. The second-order valence-electron chi connectivity index (χ2n) is 14.9. The van der Waals surface area contributed by atoms with E-state index in [9.17, 15) is 18.9 Å². The number of hydrogen-bond donors (Lipinski definition) is 3. The van der Waals surface area contributed by atoms with Gasteiger partial charge < -0.3 is 44.5 Å². The molecule has 4 N–H and O–H groups in total. The number of amides is 3. The summed E-state index contributed by atoms with van der Waals surface area (Å²) in [6, 6.07) is 5.17. The maximum absolute atomic E-state index is 14.2. The molecule has 0 spiro atoms. The first-order chi connectivity index (χ1) is 25.6. The Morgan fingerprint density at radius 1 is 1.04 bits per heavy atom. The highest BCUT2D eigenvalue weighted by atomic mass is 32.1. The zero-order chi connectivity index (χ0) is 39.2. The predicted octanol–water partition coefficient (Wildman–Crippen LogP) is 6.70. The van der Waals surface area contributed by atoms with E-state index in [2.05, 4.69) is 10.6 Å². The molecule has 2 aromatic heterocycles. The van der Waals surface area contributed by atoms with E-state index in [4.69, 9.17) is 39.0 Å². The molecule has 17 heteroatoms. The number of hydrogen-bond acceptors (Lipinski definition) is 13. The SMILES string of the molecule is CCOP(=O)(COc1ccc2c(O[C@@H]3C[C@@H](C(N)=O)N(C(=O)[C@@H](NC(=O)OC4CCCC4)C(C)(C)C)C3)cc(-c3csc(NC(C)C)n3)nc2c1)OCC. The molecular formula is C37H53N6O9PS. The molecular weight excluding hydrogens is 735 g/mol. The Balaban J connectivity index is 1.43. The number of likely N-dealkylation sites (tertiary alicyclic amines) is 1. The summed E-state index contributed by atoms with van der Waals surface area (Å²) in [6.07, 6.45) is 1.93. The summed E-state index contributed by atoms with van der Waals surface area (Å²) in [7, 11) is -3.49. The third kappa shape index (κ3) is 10.4. The van der Waals surface area contributed by atoms with E-state index in [1.54, 1.807) is 38.1 Å². The molecule has 1 saturated heterocycles. The van der Waals surface area contributed by atoms with Crippen molar-refractivity contribution >= 4 is 52.9 Å². The predicted molar refractivity (Wildman–Crippen MR) is 207 cm³/mol. The maximum atomic E-state index is 14.2. The van der Waals surface area contributed by atoms with Crippen molar-refractivity contribution in [1.82, 2.24) is 20.2 Å². The number of aromatic nitrogens is 2. The highest BCUT2D eigenvalue weighted by molar-refractivity contribution is 7.53. The summed E-state index contributed by atoms with van der Waals surface area (Å²) in [5.41, 5.74) is 6.79. The second-order valence-corrected chi connectivity index (χ2v) is 17.7. The molecule has 1 saturated carbocycles. The normalized spacial score (nSPS) is 18.6. The highest BCUT2D eigenvalue weighted by Crippen LogP contribution is 2.48. The van der Waals surface area contributed by atoms with Crippen molar-refractivity contribution < 1.29 is 42.2 Å². The largest absolute Gasteiger partial charge is 0.488 e. The van der Waals surface area contributed by atoms with Crippen molar-refractivity contribution in [3.63, 3.8) is 0 Å². The lowest BCUT2D eigenvalue weighted by molar-refractivity contribution is -0.141. The average Bonchev–Trinajstić information content (AvgIpc) is 3.87. The molecule has 15 nitrogen and oxygen atoms in total. The fourth-order valence-corrected chi connectivity index (χ4v) is 8.73. The van der Waals surface area contributed by atoms with Crippen LogP contribution in [0.2, 0.25) is 0 Å². The Morgan fingerprint density at radius 2 is 1.74 bits per heavy atom. The van der Waals surface area contributed by atoms with E-state index in [1.165, 1.54) is 16.2 Å². The van der Waals surface area contributed by atoms with Gasteiger partial charge in [-0.1, -0.05) is 20.8 Å². The molecule has 1 aliphatic heterocycles. The van der Waals surface area contributed by atoms with E-state index >= 15 is 0 Å². The van der Waals surface area contributed by atoms with Crippen LogP contribution in [0.5, 0.6) is 11.5 Å². The van der Waals surface area contributed by atoms with Crippen LogP contribution in [0.1, 0.15) is 80.6 Å². The van der Waals surface area contributed by atoms with Gasteiger partial charge >= 0.3 is 13.7 Å². The number of carbonyl (C=O) groups is 3. The van der Waals surface area contributed by atoms with Gasteiger partial charge in [0, 0.05) is 35.4 Å². The molecule has 3 aromatic rings. The van der Waals surface area contributed by atoms with Crippen LogP contribution in [0.15, 0.2) is 29.6 Å². The fraction of sp³-hybridized carbons (Fsp3) is 0.595. The van der Waals surface area contributed by atoms with Crippen LogP contribution in [-0.4, -0.2) is 89.2 Å². The topological polar surface area (TPSA) is 194 Å². The van der Waals surface area contributed by atoms with Crippen LogP contribution < -0.4 is 25.8 Å². The van der Waals surface area contributed by atoms with Gasteiger partial charge in [-0.05, 0) is 70.9 Å². The number of alkyl carbamates (subject to hydrolysis) is 1. The van der Waals surface area contributed by atoms with Gasteiger partial charge in [-0.2, -0.15) is 0 Å². The monoisotopic (exact) mass is 788 g/mol. The lowest BCUT2D eigenvalue weighted by atomic mass is 9.85. The lowest BCUT2D eigenvalue weighted by Crippen LogP contribution is -2.57. The van der Waals surface area contributed by atoms with E-state index in [0.717, 1.165) is 30.8 Å². The number of primary amides is 1. The van der Waals surface area contributed by atoms with Crippen LogP contribution >= 0.6 is 18.9 Å². The third-order valence-corrected chi connectivity index (χ3v) is 11.6. The quantitative estimate of drug-likeness (QED) is 0.130. The molecule has 54 heavy (non-hydrogen) atoms. The number of thiazole rings is 1. The number of benzene rings is 1. The van der Waals surface area contributed by atoms with Gasteiger partial charge in [0.15, 0.2) is 11.5 Å². The average molecular weight is 789 g/mol. The highest BCUT2D eigenvalue weighted by Gasteiger charge is 2.45. The molecule has 5 rings (SSSR count). The van der Waals surface area contributed by atoms with Crippen LogP contribution in [0, 0.1) is 5.41 Å². The minimum absolute atomic E-state index is 0.0437. The lowest BCUT2D eigenvalue weighted by Gasteiger charge is -2.34. The number of carbonyl (C=O) groups excluding carboxylic acids is 3. The van der Waals surface area contributed by atoms with Crippen molar-refractivity contribution in [2.75, 3.05) is 31.4 Å². The van der Waals surface area contributed by atoms with Gasteiger partial charge in [0.05, 0.1) is 31.0 Å². The molecule has 3 amide bonds. The number of nitrogens with zero attached hydrogens (tertiary/aromatic N) is 3.